The third-order valence-electron chi connectivity index (χ3n) is 1.83. The molecule has 1 aromatic rings. The normalized spacial score (nSPS) is 11.4. The zero-order valence-electron chi connectivity index (χ0n) is 8.31. The van der Waals surface area contributed by atoms with Gasteiger partial charge < -0.3 is 5.73 Å². The molecule has 0 aliphatic rings. The van der Waals surface area contributed by atoms with Gasteiger partial charge >= 0.3 is 0 Å². The first-order valence-corrected chi connectivity index (χ1v) is 5.59. The second kappa shape index (κ2) is 3.59. The maximum absolute atomic E-state index is 11.2. The Bertz CT molecular complexity index is 522. The van der Waals surface area contributed by atoms with Gasteiger partial charge in [-0.25, -0.2) is 18.5 Å². The molecule has 1 aromatic heterocycles. The topological polar surface area (TPSA) is 116 Å². The van der Waals surface area contributed by atoms with Crippen molar-refractivity contribution in [2.24, 2.45) is 10.9 Å². The van der Waals surface area contributed by atoms with Gasteiger partial charge in [0.15, 0.2) is 5.03 Å². The van der Waals surface area contributed by atoms with Crippen molar-refractivity contribution in [3.63, 3.8) is 0 Å². The molecule has 0 saturated carbocycles. The second-order valence-electron chi connectivity index (χ2n) is 3.17. The van der Waals surface area contributed by atoms with E-state index >= 15 is 0 Å². The molecule has 1 rings (SSSR count). The van der Waals surface area contributed by atoms with E-state index in [0.717, 1.165) is 0 Å². The average molecular weight is 229 g/mol. The fraction of sp³-hybridized carbons (Fsp3) is 0.250. The van der Waals surface area contributed by atoms with Crippen LogP contribution in [0, 0.1) is 13.8 Å². The number of primary amides is 1. The SMILES string of the molecule is Cc1cc(C)c(C(N)=O)c(S(N)(=O)=O)n1. The minimum atomic E-state index is -4.04. The van der Waals surface area contributed by atoms with Crippen molar-refractivity contribution in [3.05, 3.63) is 22.9 Å². The zero-order chi connectivity index (χ0) is 11.8. The van der Waals surface area contributed by atoms with E-state index in [1.165, 1.54) is 0 Å². The lowest BCUT2D eigenvalue weighted by molar-refractivity contribution is 0.0995. The maximum atomic E-state index is 11.2. The molecule has 1 amide bonds. The number of aryl methyl sites for hydroxylation is 2. The van der Waals surface area contributed by atoms with Crippen molar-refractivity contribution < 1.29 is 13.2 Å². The Morgan fingerprint density at radius 1 is 1.40 bits per heavy atom. The van der Waals surface area contributed by atoms with Crippen molar-refractivity contribution in [2.75, 3.05) is 0 Å². The van der Waals surface area contributed by atoms with Gasteiger partial charge in [-0.1, -0.05) is 0 Å². The first kappa shape index (κ1) is 11.6. The summed E-state index contributed by atoms with van der Waals surface area (Å²) < 4.78 is 22.3. The Morgan fingerprint density at radius 2 is 1.93 bits per heavy atom. The molecular formula is C8H11N3O3S. The fourth-order valence-corrected chi connectivity index (χ4v) is 2.13. The molecule has 4 N–H and O–H groups in total. The van der Waals surface area contributed by atoms with Gasteiger partial charge in [-0.05, 0) is 25.5 Å². The number of rotatable bonds is 2. The quantitative estimate of drug-likeness (QED) is 0.707. The zero-order valence-corrected chi connectivity index (χ0v) is 9.13. The number of pyridine rings is 1. The molecule has 0 radical (unpaired) electrons. The highest BCUT2D eigenvalue weighted by Crippen LogP contribution is 2.16. The molecule has 7 heteroatoms. The van der Waals surface area contributed by atoms with Crippen LogP contribution in [0.15, 0.2) is 11.1 Å². The van der Waals surface area contributed by atoms with E-state index in [1.807, 2.05) is 0 Å². The number of hydrogen-bond donors (Lipinski definition) is 2. The number of amides is 1. The molecule has 0 atom stereocenters. The standard InChI is InChI=1S/C8H11N3O3S/c1-4-3-5(2)11-8(15(10,13)14)6(4)7(9)12/h3H,1-2H3,(H2,9,12)(H2,10,13,14). The van der Waals surface area contributed by atoms with Crippen LogP contribution in [0.2, 0.25) is 0 Å². The van der Waals surface area contributed by atoms with Gasteiger partial charge in [-0.2, -0.15) is 0 Å². The Labute approximate surface area is 87.3 Å². The molecule has 0 unspecified atom stereocenters. The van der Waals surface area contributed by atoms with Crippen molar-refractivity contribution in [2.45, 2.75) is 18.9 Å². The predicted molar refractivity (Wildman–Crippen MR) is 53.6 cm³/mol. The monoisotopic (exact) mass is 229 g/mol. The summed E-state index contributed by atoms with van der Waals surface area (Å²) in [6.07, 6.45) is 0. The number of primary sulfonamides is 1. The van der Waals surface area contributed by atoms with Crippen molar-refractivity contribution in [1.82, 2.24) is 4.98 Å². The van der Waals surface area contributed by atoms with Crippen LogP contribution in [0.25, 0.3) is 0 Å². The van der Waals surface area contributed by atoms with Crippen LogP contribution in [0.1, 0.15) is 21.6 Å². The van der Waals surface area contributed by atoms with E-state index in [1.54, 1.807) is 19.9 Å². The molecule has 0 aromatic carbocycles. The number of carbonyl (C=O) groups excluding carboxylic acids is 1. The number of hydrogen-bond acceptors (Lipinski definition) is 4. The summed E-state index contributed by atoms with van der Waals surface area (Å²) in [6.45, 7) is 3.18. The van der Waals surface area contributed by atoms with Crippen LogP contribution in [0.5, 0.6) is 0 Å². The molecule has 82 valence electrons. The van der Waals surface area contributed by atoms with E-state index in [9.17, 15) is 13.2 Å². The molecule has 0 saturated heterocycles. The average Bonchev–Trinajstić information content (AvgIpc) is 1.99. The van der Waals surface area contributed by atoms with Crippen LogP contribution in [0.4, 0.5) is 0 Å². The van der Waals surface area contributed by atoms with Crippen LogP contribution < -0.4 is 10.9 Å². The molecule has 15 heavy (non-hydrogen) atoms. The van der Waals surface area contributed by atoms with Gasteiger partial charge in [0, 0.05) is 5.69 Å². The Kier molecular flexibility index (Phi) is 2.78. The van der Waals surface area contributed by atoms with Gasteiger partial charge in [0.2, 0.25) is 0 Å². The summed E-state index contributed by atoms with van der Waals surface area (Å²) >= 11 is 0. The minimum absolute atomic E-state index is 0.150. The first-order chi connectivity index (χ1) is 6.73. The van der Waals surface area contributed by atoms with E-state index in [-0.39, 0.29) is 5.56 Å². The summed E-state index contributed by atoms with van der Waals surface area (Å²) in [7, 11) is -4.04. The molecule has 6 nitrogen and oxygen atoms in total. The lowest BCUT2D eigenvalue weighted by atomic mass is 10.1. The summed E-state index contributed by atoms with van der Waals surface area (Å²) in [5.41, 5.74) is 5.82. The molecule has 0 spiro atoms. The molecule has 1 heterocycles. The lowest BCUT2D eigenvalue weighted by Gasteiger charge is -2.07. The molecule has 0 aliphatic heterocycles. The number of sulfonamides is 1. The largest absolute Gasteiger partial charge is 0.366 e. The summed E-state index contributed by atoms with van der Waals surface area (Å²) in [4.78, 5) is 14.8. The van der Waals surface area contributed by atoms with E-state index in [4.69, 9.17) is 10.9 Å². The molecule has 0 fully saturated rings. The Hall–Kier alpha value is -1.47. The minimum Gasteiger partial charge on any atom is -0.366 e. The van der Waals surface area contributed by atoms with Crippen molar-refractivity contribution in [3.8, 4) is 0 Å². The highest BCUT2D eigenvalue weighted by Gasteiger charge is 2.21. The first-order valence-electron chi connectivity index (χ1n) is 4.04. The van der Waals surface area contributed by atoms with E-state index in [0.29, 0.717) is 11.3 Å². The Morgan fingerprint density at radius 3 is 2.33 bits per heavy atom. The van der Waals surface area contributed by atoms with Gasteiger partial charge in [-0.3, -0.25) is 4.79 Å². The molecule has 0 aliphatic carbocycles. The van der Waals surface area contributed by atoms with Gasteiger partial charge in [0.05, 0.1) is 5.56 Å². The number of aromatic nitrogens is 1. The third kappa shape index (κ3) is 2.31. The van der Waals surface area contributed by atoms with Gasteiger partial charge in [0.25, 0.3) is 15.9 Å². The number of nitrogens with zero attached hydrogens (tertiary/aromatic N) is 1. The van der Waals surface area contributed by atoms with E-state index in [2.05, 4.69) is 4.98 Å². The maximum Gasteiger partial charge on any atom is 0.256 e. The third-order valence-corrected chi connectivity index (χ3v) is 2.66. The summed E-state index contributed by atoms with van der Waals surface area (Å²) in [5.74, 6) is -0.857. The molecule has 0 bridgehead atoms. The predicted octanol–water partition coefficient (Wildman–Crippen LogP) is -0.555. The highest BCUT2D eigenvalue weighted by atomic mass is 32.2. The number of nitrogens with two attached hydrogens (primary N) is 2. The van der Waals surface area contributed by atoms with Crippen LogP contribution >= 0.6 is 0 Å². The van der Waals surface area contributed by atoms with Gasteiger partial charge in [0.1, 0.15) is 0 Å². The Balaban J connectivity index is 3.70. The van der Waals surface area contributed by atoms with Gasteiger partial charge in [-0.15, -0.1) is 0 Å². The second-order valence-corrected chi connectivity index (χ2v) is 4.65. The van der Waals surface area contributed by atoms with Crippen LogP contribution in [0.3, 0.4) is 0 Å². The van der Waals surface area contributed by atoms with Crippen LogP contribution in [-0.4, -0.2) is 19.3 Å². The fourth-order valence-electron chi connectivity index (χ4n) is 1.31. The summed E-state index contributed by atoms with van der Waals surface area (Å²) in [6, 6.07) is 1.56. The molecular weight excluding hydrogens is 218 g/mol. The van der Waals surface area contributed by atoms with Crippen molar-refractivity contribution >= 4 is 15.9 Å². The van der Waals surface area contributed by atoms with E-state index < -0.39 is 21.0 Å². The highest BCUT2D eigenvalue weighted by molar-refractivity contribution is 7.89. The number of carbonyl (C=O) groups is 1. The van der Waals surface area contributed by atoms with Crippen molar-refractivity contribution in [1.29, 1.82) is 0 Å². The lowest BCUT2D eigenvalue weighted by Crippen LogP contribution is -2.23. The smallest absolute Gasteiger partial charge is 0.256 e. The van der Waals surface area contributed by atoms with Crippen LogP contribution in [-0.2, 0) is 10.0 Å². The summed E-state index contributed by atoms with van der Waals surface area (Å²) in [5, 5.41) is 4.47.